The molecule has 0 saturated carbocycles. The van der Waals surface area contributed by atoms with Gasteiger partial charge in [0.2, 0.25) is 0 Å². The molecule has 0 saturated heterocycles. The second kappa shape index (κ2) is 12.3. The summed E-state index contributed by atoms with van der Waals surface area (Å²) in [7, 11) is 0. The van der Waals surface area contributed by atoms with Crippen LogP contribution in [0.3, 0.4) is 0 Å². The Kier molecular flexibility index (Phi) is 9.25. The van der Waals surface area contributed by atoms with Crippen LogP contribution in [0.15, 0.2) is 118 Å². The Bertz CT molecular complexity index is 1450. The molecule has 0 bridgehead atoms. The van der Waals surface area contributed by atoms with Gasteiger partial charge in [0.15, 0.2) is 0 Å². The summed E-state index contributed by atoms with van der Waals surface area (Å²) in [6, 6.07) is 36.8. The van der Waals surface area contributed by atoms with E-state index in [2.05, 4.69) is 130 Å². The van der Waals surface area contributed by atoms with Crippen LogP contribution in [0.4, 0.5) is 0 Å². The van der Waals surface area contributed by atoms with Gasteiger partial charge in [-0.05, 0) is 0 Å². The minimum atomic E-state index is -2.58. The number of allylic oxidation sites excluding steroid dienone is 4. The Balaban J connectivity index is 0.00000168. The predicted molar refractivity (Wildman–Crippen MR) is 150 cm³/mol. The normalized spacial score (nSPS) is 13.2. The van der Waals surface area contributed by atoms with Gasteiger partial charge in [-0.3, -0.25) is 0 Å². The van der Waals surface area contributed by atoms with Crippen molar-refractivity contribution < 1.29 is 46.1 Å². The first-order chi connectivity index (χ1) is 17.6. The van der Waals surface area contributed by atoms with Gasteiger partial charge in [-0.1, -0.05) is 0 Å². The summed E-state index contributed by atoms with van der Waals surface area (Å²) < 4.78 is 3.83. The molecule has 0 spiro atoms. The van der Waals surface area contributed by atoms with Gasteiger partial charge in [-0.2, -0.15) is 0 Å². The summed E-state index contributed by atoms with van der Waals surface area (Å²) in [5, 5.41) is 0. The van der Waals surface area contributed by atoms with E-state index in [1.807, 2.05) is 0 Å². The number of halogens is 2. The average molecular weight is 615 g/mol. The van der Waals surface area contributed by atoms with Gasteiger partial charge in [-0.25, -0.2) is 0 Å². The monoisotopic (exact) mass is 612 g/mol. The van der Waals surface area contributed by atoms with Crippen LogP contribution < -0.4 is 24.8 Å². The van der Waals surface area contributed by atoms with Crippen molar-refractivity contribution in [2.24, 2.45) is 0 Å². The zero-order valence-electron chi connectivity index (χ0n) is 22.1. The fourth-order valence-electron chi connectivity index (χ4n) is 6.01. The first-order valence-corrected chi connectivity index (χ1v) is 17.0. The molecule has 4 aromatic rings. The Morgan fingerprint density at radius 1 is 0.711 bits per heavy atom. The Labute approximate surface area is 247 Å². The van der Waals surface area contributed by atoms with E-state index in [4.69, 9.17) is 0 Å². The smallest absolute Gasteiger partial charge is 1.00 e. The number of rotatable bonds is 5. The molecule has 0 nitrogen and oxygen atoms in total. The molecular weight excluding hydrogens is 583 g/mol. The molecule has 6 rings (SSSR count). The number of fused-ring (bicyclic) bond motifs is 3. The molecule has 2 aliphatic carbocycles. The molecule has 0 heterocycles. The number of benzene rings is 4. The summed E-state index contributed by atoms with van der Waals surface area (Å²) in [5.41, 5.74) is 13.0. The number of hydrogen-bond donors (Lipinski definition) is 0. The second-order valence-electron chi connectivity index (χ2n) is 10.1. The quantitative estimate of drug-likeness (QED) is 0.325. The number of aryl methyl sites for hydroxylation is 2. The van der Waals surface area contributed by atoms with Crippen molar-refractivity contribution in [3.8, 4) is 11.1 Å². The minimum absolute atomic E-state index is 0. The zero-order chi connectivity index (χ0) is 24.6. The van der Waals surface area contributed by atoms with Crippen LogP contribution >= 0.6 is 0 Å². The topological polar surface area (TPSA) is 0 Å². The minimum Gasteiger partial charge on any atom is -1.00 e. The third kappa shape index (κ3) is 5.27. The standard InChI is InChI=1S/C15H13.C13H10.C7H9.2ClH.Zr/c1-10-3-5-14-12(7-10)9-13-8-11(2)4-6-15(13)14;1-3-7-12(8-4-1)11-13-9-5-2-6-10-13;1-2-7-5-3-4-6-7;;;/h3-9H,1-2H3;1-10H;5-6H,2-3H2,1H3;2*1H;/q;;;;;+2/p-2. The number of hydrogen-bond acceptors (Lipinski definition) is 0. The van der Waals surface area contributed by atoms with Crippen molar-refractivity contribution >= 4 is 3.21 Å². The molecule has 0 unspecified atom stereocenters. The maximum Gasteiger partial charge on any atom is -1.00 e. The van der Waals surface area contributed by atoms with Crippen LogP contribution in [-0.2, 0) is 21.3 Å². The molecule has 0 radical (unpaired) electrons. The second-order valence-corrected chi connectivity index (χ2v) is 16.4. The van der Waals surface area contributed by atoms with Crippen LogP contribution in [0.25, 0.3) is 11.1 Å². The predicted octanol–water partition coefficient (Wildman–Crippen LogP) is 2.89. The van der Waals surface area contributed by atoms with Crippen LogP contribution in [0.2, 0.25) is 0 Å². The first-order valence-electron chi connectivity index (χ1n) is 13.1. The van der Waals surface area contributed by atoms with Crippen LogP contribution in [-0.4, -0.2) is 3.21 Å². The van der Waals surface area contributed by atoms with Gasteiger partial charge in [-0.15, -0.1) is 0 Å². The van der Waals surface area contributed by atoms with E-state index in [1.54, 1.807) is 17.6 Å². The molecule has 0 aliphatic heterocycles. The van der Waals surface area contributed by atoms with Crippen LogP contribution in [0.1, 0.15) is 56.8 Å². The molecule has 2 aliphatic rings. The Hall–Kier alpha value is -2.31. The molecule has 0 N–H and O–H groups in total. The van der Waals surface area contributed by atoms with Crippen molar-refractivity contribution in [2.45, 2.75) is 37.2 Å². The molecule has 0 atom stereocenters. The van der Waals surface area contributed by atoms with Gasteiger partial charge < -0.3 is 24.8 Å². The van der Waals surface area contributed by atoms with Crippen molar-refractivity contribution in [1.82, 2.24) is 0 Å². The fourth-order valence-corrected chi connectivity index (χ4v) is 15.1. The average Bonchev–Trinajstić information content (AvgIpc) is 3.50. The van der Waals surface area contributed by atoms with Crippen LogP contribution in [0, 0.1) is 13.8 Å². The maximum atomic E-state index is 2.59. The SMILES string of the molecule is CCC1=CC[C]([Zr+2](=[C](c2ccccc2)c2ccccc2)[CH]2c3cc(C)ccc3-c3ccc(C)cc32)=C1.[Cl-].[Cl-]. The van der Waals surface area contributed by atoms with Crippen LogP contribution in [0.5, 0.6) is 0 Å². The zero-order valence-corrected chi connectivity index (χ0v) is 26.1. The summed E-state index contributed by atoms with van der Waals surface area (Å²) in [6.45, 7) is 6.79. The molecule has 4 aromatic carbocycles. The molecule has 190 valence electrons. The summed E-state index contributed by atoms with van der Waals surface area (Å²) >= 11 is -2.58. The van der Waals surface area contributed by atoms with Gasteiger partial charge in [0, 0.05) is 0 Å². The van der Waals surface area contributed by atoms with Gasteiger partial charge >= 0.3 is 224 Å². The first kappa shape index (κ1) is 28.7. The van der Waals surface area contributed by atoms with Crippen molar-refractivity contribution in [1.29, 1.82) is 0 Å². The van der Waals surface area contributed by atoms with E-state index in [9.17, 15) is 0 Å². The van der Waals surface area contributed by atoms with Gasteiger partial charge in [0.1, 0.15) is 0 Å². The largest absolute Gasteiger partial charge is 1.00 e. The van der Waals surface area contributed by atoms with Crippen molar-refractivity contribution in [2.75, 3.05) is 0 Å². The van der Waals surface area contributed by atoms with E-state index in [-0.39, 0.29) is 24.8 Å². The molecular formula is C35H32Cl2Zr. The van der Waals surface area contributed by atoms with Gasteiger partial charge in [0.25, 0.3) is 0 Å². The van der Waals surface area contributed by atoms with Gasteiger partial charge in [0.05, 0.1) is 0 Å². The summed E-state index contributed by atoms with van der Waals surface area (Å²) in [4.78, 5) is 0. The van der Waals surface area contributed by atoms with E-state index in [0.717, 1.165) is 12.8 Å². The third-order valence-corrected chi connectivity index (χ3v) is 16.0. The third-order valence-electron chi connectivity index (χ3n) is 7.71. The van der Waals surface area contributed by atoms with E-state index in [0.29, 0.717) is 3.63 Å². The van der Waals surface area contributed by atoms with E-state index in [1.165, 1.54) is 39.0 Å². The fraction of sp³-hybridized carbons (Fsp3) is 0.171. The summed E-state index contributed by atoms with van der Waals surface area (Å²) in [5.74, 6) is 0. The molecule has 0 fully saturated rings. The summed E-state index contributed by atoms with van der Waals surface area (Å²) in [6.07, 6.45) is 7.30. The molecule has 3 heteroatoms. The van der Waals surface area contributed by atoms with E-state index >= 15 is 0 Å². The Morgan fingerprint density at radius 3 is 1.66 bits per heavy atom. The molecule has 0 amide bonds. The maximum absolute atomic E-state index is 2.59. The molecule has 38 heavy (non-hydrogen) atoms. The van der Waals surface area contributed by atoms with E-state index < -0.39 is 21.3 Å². The van der Waals surface area contributed by atoms with Crippen molar-refractivity contribution in [3.63, 3.8) is 0 Å². The van der Waals surface area contributed by atoms with Crippen molar-refractivity contribution in [3.05, 3.63) is 151 Å². The molecule has 0 aromatic heterocycles. The Morgan fingerprint density at radius 2 is 1.21 bits per heavy atom.